The molecular weight excluding hydrogens is 252 g/mol. The number of pyridine rings is 1. The van der Waals surface area contributed by atoms with Gasteiger partial charge in [0, 0.05) is 29.5 Å². The molecule has 0 aliphatic heterocycles. The molecule has 0 saturated heterocycles. The third kappa shape index (κ3) is 4.31. The monoisotopic (exact) mass is 270 g/mol. The van der Waals surface area contributed by atoms with Crippen molar-refractivity contribution in [1.29, 1.82) is 0 Å². The van der Waals surface area contributed by atoms with Crippen LogP contribution in [0.4, 0.5) is 0 Å². The largest absolute Gasteiger partial charge is 0.299 e. The summed E-state index contributed by atoms with van der Waals surface area (Å²) in [5, 5.41) is 0. The predicted octanol–water partition coefficient (Wildman–Crippen LogP) is 3.46. The lowest BCUT2D eigenvalue weighted by atomic mass is 10.1. The molecule has 0 N–H and O–H groups in total. The molecule has 0 aromatic carbocycles. The molecule has 0 saturated carbocycles. The quantitative estimate of drug-likeness (QED) is 0.815. The molecule has 0 fully saturated rings. The second-order valence-electron chi connectivity index (χ2n) is 4.06. The van der Waals surface area contributed by atoms with Crippen molar-refractivity contribution < 1.29 is 0 Å². The van der Waals surface area contributed by atoms with E-state index in [-0.39, 0.29) is 0 Å². The van der Waals surface area contributed by atoms with Crippen molar-refractivity contribution in [3.63, 3.8) is 0 Å². The van der Waals surface area contributed by atoms with Gasteiger partial charge >= 0.3 is 0 Å². The molecule has 3 heteroatoms. The Morgan fingerprint density at radius 3 is 2.80 bits per heavy atom. The van der Waals surface area contributed by atoms with Crippen LogP contribution in [0.2, 0.25) is 0 Å². The Hall–Kier alpha value is -0.410. The topological polar surface area (TPSA) is 16.1 Å². The Bertz CT molecular complexity index is 301. The number of hydrogen-bond acceptors (Lipinski definition) is 2. The fourth-order valence-corrected chi connectivity index (χ4v) is 2.04. The van der Waals surface area contributed by atoms with Gasteiger partial charge < -0.3 is 0 Å². The first kappa shape index (κ1) is 12.7. The van der Waals surface area contributed by atoms with E-state index in [2.05, 4.69) is 52.8 Å². The van der Waals surface area contributed by atoms with Crippen LogP contribution in [0.5, 0.6) is 0 Å². The Kier molecular flexibility index (Phi) is 5.26. The van der Waals surface area contributed by atoms with Crippen LogP contribution in [0.1, 0.15) is 32.3 Å². The Morgan fingerprint density at radius 2 is 2.20 bits per heavy atom. The van der Waals surface area contributed by atoms with E-state index in [9.17, 15) is 0 Å². The third-order valence-corrected chi connectivity index (χ3v) is 3.09. The van der Waals surface area contributed by atoms with Gasteiger partial charge in [-0.3, -0.25) is 9.88 Å². The number of halogens is 1. The Balaban J connectivity index is 2.54. The smallest absolute Gasteiger partial charge is 0.0410 e. The minimum absolute atomic E-state index is 0.633. The fraction of sp³-hybridized carbons (Fsp3) is 0.583. The van der Waals surface area contributed by atoms with E-state index in [0.29, 0.717) is 6.04 Å². The molecule has 0 bridgehead atoms. The molecule has 1 heterocycles. The summed E-state index contributed by atoms with van der Waals surface area (Å²) in [6.07, 6.45) is 6.24. The predicted molar refractivity (Wildman–Crippen MR) is 67.8 cm³/mol. The van der Waals surface area contributed by atoms with Crippen LogP contribution in [0.3, 0.4) is 0 Å². The first-order valence-electron chi connectivity index (χ1n) is 5.43. The summed E-state index contributed by atoms with van der Waals surface area (Å²) in [6, 6.07) is 2.76. The average Bonchev–Trinajstić information content (AvgIpc) is 2.18. The lowest BCUT2D eigenvalue weighted by Crippen LogP contribution is -2.28. The SMILES string of the molecule is CCCC(C)N(C)Cc1cncc(Br)c1. The first-order chi connectivity index (χ1) is 7.13. The molecule has 0 aliphatic carbocycles. The van der Waals surface area contributed by atoms with E-state index >= 15 is 0 Å². The number of hydrogen-bond donors (Lipinski definition) is 0. The van der Waals surface area contributed by atoms with E-state index < -0.39 is 0 Å². The van der Waals surface area contributed by atoms with Gasteiger partial charge in [-0.15, -0.1) is 0 Å². The molecule has 2 nitrogen and oxygen atoms in total. The lowest BCUT2D eigenvalue weighted by molar-refractivity contribution is 0.236. The highest BCUT2D eigenvalue weighted by Crippen LogP contribution is 2.13. The molecule has 1 atom stereocenters. The van der Waals surface area contributed by atoms with Crippen LogP contribution >= 0.6 is 15.9 Å². The lowest BCUT2D eigenvalue weighted by Gasteiger charge is -2.24. The number of rotatable bonds is 5. The molecule has 0 spiro atoms. The zero-order valence-electron chi connectivity index (χ0n) is 9.70. The molecule has 0 amide bonds. The molecule has 1 aromatic heterocycles. The third-order valence-electron chi connectivity index (χ3n) is 2.65. The van der Waals surface area contributed by atoms with Gasteiger partial charge in [-0.25, -0.2) is 0 Å². The van der Waals surface area contributed by atoms with Gasteiger partial charge in [0.1, 0.15) is 0 Å². The number of aromatic nitrogens is 1. The van der Waals surface area contributed by atoms with Crippen LogP contribution in [0.15, 0.2) is 22.9 Å². The molecule has 1 aromatic rings. The first-order valence-corrected chi connectivity index (χ1v) is 6.22. The van der Waals surface area contributed by atoms with Gasteiger partial charge in [0.15, 0.2) is 0 Å². The van der Waals surface area contributed by atoms with E-state index in [4.69, 9.17) is 0 Å². The molecular formula is C12H19BrN2. The Labute approximate surface area is 101 Å². The van der Waals surface area contributed by atoms with Crippen LogP contribution in [-0.2, 0) is 6.54 Å². The normalized spacial score (nSPS) is 13.1. The van der Waals surface area contributed by atoms with E-state index in [0.717, 1.165) is 11.0 Å². The highest BCUT2D eigenvalue weighted by atomic mass is 79.9. The standard InChI is InChI=1S/C12H19BrN2/c1-4-5-10(2)15(3)9-11-6-12(13)8-14-7-11/h6-8,10H,4-5,9H2,1-3H3. The van der Waals surface area contributed by atoms with E-state index in [1.807, 2.05) is 12.4 Å². The molecule has 1 unspecified atom stereocenters. The van der Waals surface area contributed by atoms with E-state index in [1.165, 1.54) is 18.4 Å². The second-order valence-corrected chi connectivity index (χ2v) is 4.98. The van der Waals surface area contributed by atoms with Gasteiger partial charge in [0.2, 0.25) is 0 Å². The molecule has 0 radical (unpaired) electrons. The maximum atomic E-state index is 4.17. The number of nitrogens with zero attached hydrogens (tertiary/aromatic N) is 2. The minimum Gasteiger partial charge on any atom is -0.299 e. The minimum atomic E-state index is 0.633. The van der Waals surface area contributed by atoms with Gasteiger partial charge in [-0.1, -0.05) is 13.3 Å². The van der Waals surface area contributed by atoms with Crippen LogP contribution in [-0.4, -0.2) is 23.0 Å². The van der Waals surface area contributed by atoms with Crippen molar-refractivity contribution in [2.75, 3.05) is 7.05 Å². The molecule has 15 heavy (non-hydrogen) atoms. The zero-order valence-corrected chi connectivity index (χ0v) is 11.3. The van der Waals surface area contributed by atoms with Crippen molar-refractivity contribution in [2.45, 2.75) is 39.3 Å². The average molecular weight is 271 g/mol. The summed E-state index contributed by atoms with van der Waals surface area (Å²) in [5.74, 6) is 0. The van der Waals surface area contributed by atoms with Crippen LogP contribution in [0.25, 0.3) is 0 Å². The maximum Gasteiger partial charge on any atom is 0.0410 e. The van der Waals surface area contributed by atoms with Crippen molar-refractivity contribution in [1.82, 2.24) is 9.88 Å². The van der Waals surface area contributed by atoms with Gasteiger partial charge in [-0.05, 0) is 48.0 Å². The fourth-order valence-electron chi connectivity index (χ4n) is 1.62. The summed E-state index contributed by atoms with van der Waals surface area (Å²) in [6.45, 7) is 5.47. The van der Waals surface area contributed by atoms with Crippen LogP contribution in [0, 0.1) is 0 Å². The van der Waals surface area contributed by atoms with Crippen molar-refractivity contribution in [3.8, 4) is 0 Å². The van der Waals surface area contributed by atoms with Gasteiger partial charge in [-0.2, -0.15) is 0 Å². The van der Waals surface area contributed by atoms with Crippen molar-refractivity contribution in [2.24, 2.45) is 0 Å². The Morgan fingerprint density at radius 1 is 1.47 bits per heavy atom. The summed E-state index contributed by atoms with van der Waals surface area (Å²) in [4.78, 5) is 6.54. The summed E-state index contributed by atoms with van der Waals surface area (Å²) in [5.41, 5.74) is 1.26. The summed E-state index contributed by atoms with van der Waals surface area (Å²) in [7, 11) is 2.17. The zero-order chi connectivity index (χ0) is 11.3. The maximum absolute atomic E-state index is 4.17. The van der Waals surface area contributed by atoms with Crippen molar-refractivity contribution >= 4 is 15.9 Å². The van der Waals surface area contributed by atoms with E-state index in [1.54, 1.807) is 0 Å². The van der Waals surface area contributed by atoms with Gasteiger partial charge in [0.05, 0.1) is 0 Å². The summed E-state index contributed by atoms with van der Waals surface area (Å²) >= 11 is 3.44. The molecule has 1 rings (SSSR count). The second kappa shape index (κ2) is 6.23. The van der Waals surface area contributed by atoms with Crippen molar-refractivity contribution in [3.05, 3.63) is 28.5 Å². The highest BCUT2D eigenvalue weighted by molar-refractivity contribution is 9.10. The molecule has 0 aliphatic rings. The highest BCUT2D eigenvalue weighted by Gasteiger charge is 2.08. The van der Waals surface area contributed by atoms with Crippen LogP contribution < -0.4 is 0 Å². The van der Waals surface area contributed by atoms with Gasteiger partial charge in [0.25, 0.3) is 0 Å². The summed E-state index contributed by atoms with van der Waals surface area (Å²) < 4.78 is 1.05. The molecule has 84 valence electrons.